The fourth-order valence-electron chi connectivity index (χ4n) is 1.24. The largest absolute Gasteiger partial charge is 0.299 e. The van der Waals surface area contributed by atoms with E-state index < -0.39 is 0 Å². The highest BCUT2D eigenvalue weighted by molar-refractivity contribution is 8.00. The van der Waals surface area contributed by atoms with Crippen molar-refractivity contribution in [3.63, 3.8) is 0 Å². The van der Waals surface area contributed by atoms with Gasteiger partial charge in [-0.3, -0.25) is 4.79 Å². The number of hydrogen-bond acceptors (Lipinski definition) is 2. The van der Waals surface area contributed by atoms with Crippen LogP contribution >= 0.6 is 11.8 Å². The Morgan fingerprint density at radius 2 is 1.93 bits per heavy atom. The number of unbranched alkanes of at least 4 members (excludes halogenated alkanes) is 1. The highest BCUT2D eigenvalue weighted by atomic mass is 32.2. The first-order valence-corrected chi connectivity index (χ1v) is 6.42. The number of aryl methyl sites for hydroxylation is 1. The van der Waals surface area contributed by atoms with Crippen molar-refractivity contribution in [3.8, 4) is 0 Å². The highest BCUT2D eigenvalue weighted by Crippen LogP contribution is 2.18. The van der Waals surface area contributed by atoms with Crippen molar-refractivity contribution < 1.29 is 4.79 Å². The average molecular weight is 222 g/mol. The summed E-state index contributed by atoms with van der Waals surface area (Å²) in [6.07, 6.45) is 2.85. The van der Waals surface area contributed by atoms with Gasteiger partial charge in [-0.1, -0.05) is 31.0 Å². The molecule has 1 aromatic rings. The van der Waals surface area contributed by atoms with Crippen molar-refractivity contribution in [2.24, 2.45) is 0 Å². The zero-order valence-electron chi connectivity index (χ0n) is 9.45. The number of thioether (sulfide) groups is 1. The van der Waals surface area contributed by atoms with Gasteiger partial charge in [0.15, 0.2) is 0 Å². The van der Waals surface area contributed by atoms with Crippen LogP contribution in [-0.2, 0) is 4.79 Å². The predicted molar refractivity (Wildman–Crippen MR) is 66.4 cm³/mol. The molecule has 0 saturated carbocycles. The molecule has 0 fully saturated rings. The third kappa shape index (κ3) is 5.03. The molecule has 0 atom stereocenters. The van der Waals surface area contributed by atoms with E-state index in [9.17, 15) is 4.79 Å². The van der Waals surface area contributed by atoms with E-state index in [1.807, 2.05) is 0 Å². The quantitative estimate of drug-likeness (QED) is 0.680. The first-order chi connectivity index (χ1) is 7.22. The van der Waals surface area contributed by atoms with E-state index in [2.05, 4.69) is 38.1 Å². The molecule has 0 N–H and O–H groups in total. The minimum atomic E-state index is 0.363. The summed E-state index contributed by atoms with van der Waals surface area (Å²) < 4.78 is 0. The number of Topliss-reactive ketones (excluding diaryl/α,β-unsaturated/α-hetero) is 1. The SMILES string of the molecule is CCCCC(=O)CSc1ccc(C)cc1. The van der Waals surface area contributed by atoms with Gasteiger partial charge in [0.2, 0.25) is 0 Å². The molecular weight excluding hydrogens is 204 g/mol. The molecule has 0 amide bonds. The summed E-state index contributed by atoms with van der Waals surface area (Å²) in [5.41, 5.74) is 1.26. The number of ketones is 1. The van der Waals surface area contributed by atoms with Crippen molar-refractivity contribution in [1.29, 1.82) is 0 Å². The molecule has 0 spiro atoms. The van der Waals surface area contributed by atoms with Crippen molar-refractivity contribution in [1.82, 2.24) is 0 Å². The van der Waals surface area contributed by atoms with E-state index in [-0.39, 0.29) is 0 Å². The minimum Gasteiger partial charge on any atom is -0.299 e. The Kier molecular flexibility index (Phi) is 5.48. The molecule has 1 nitrogen and oxygen atoms in total. The van der Waals surface area contributed by atoms with Crippen molar-refractivity contribution in [3.05, 3.63) is 29.8 Å². The van der Waals surface area contributed by atoms with E-state index >= 15 is 0 Å². The molecule has 0 aliphatic rings. The molecule has 15 heavy (non-hydrogen) atoms. The summed E-state index contributed by atoms with van der Waals surface area (Å²) in [6.45, 7) is 4.18. The standard InChI is InChI=1S/C13H18OS/c1-3-4-5-12(14)10-15-13-8-6-11(2)7-9-13/h6-9H,3-5,10H2,1-2H3. The van der Waals surface area contributed by atoms with Crippen LogP contribution in [0.4, 0.5) is 0 Å². The summed E-state index contributed by atoms with van der Waals surface area (Å²) >= 11 is 1.64. The van der Waals surface area contributed by atoms with Crippen LogP contribution in [0.5, 0.6) is 0 Å². The Labute approximate surface area is 96.3 Å². The lowest BCUT2D eigenvalue weighted by atomic mass is 10.2. The smallest absolute Gasteiger partial charge is 0.143 e. The topological polar surface area (TPSA) is 17.1 Å². The fraction of sp³-hybridized carbons (Fsp3) is 0.462. The lowest BCUT2D eigenvalue weighted by Crippen LogP contribution is -2.00. The number of hydrogen-bond donors (Lipinski definition) is 0. The third-order valence-corrected chi connectivity index (χ3v) is 3.30. The molecule has 0 bridgehead atoms. The van der Waals surface area contributed by atoms with Gasteiger partial charge in [0.05, 0.1) is 5.75 Å². The van der Waals surface area contributed by atoms with Gasteiger partial charge in [-0.25, -0.2) is 0 Å². The van der Waals surface area contributed by atoms with Gasteiger partial charge >= 0.3 is 0 Å². The number of carbonyl (C=O) groups is 1. The van der Waals surface area contributed by atoms with Crippen LogP contribution in [0, 0.1) is 6.92 Å². The summed E-state index contributed by atoms with van der Waals surface area (Å²) in [7, 11) is 0. The summed E-state index contributed by atoms with van der Waals surface area (Å²) in [5.74, 6) is 0.978. The van der Waals surface area contributed by atoms with Crippen LogP contribution in [0.3, 0.4) is 0 Å². The molecular formula is C13H18OS. The van der Waals surface area contributed by atoms with Gasteiger partial charge in [0.25, 0.3) is 0 Å². The molecule has 82 valence electrons. The van der Waals surface area contributed by atoms with Gasteiger partial charge in [-0.05, 0) is 25.5 Å². The summed E-state index contributed by atoms with van der Waals surface area (Å²) in [6, 6.07) is 8.32. The Morgan fingerprint density at radius 3 is 2.53 bits per heavy atom. The van der Waals surface area contributed by atoms with Gasteiger partial charge < -0.3 is 0 Å². The highest BCUT2D eigenvalue weighted by Gasteiger charge is 2.02. The second kappa shape index (κ2) is 6.67. The van der Waals surface area contributed by atoms with E-state index in [0.29, 0.717) is 11.5 Å². The minimum absolute atomic E-state index is 0.363. The number of benzene rings is 1. The molecule has 0 aliphatic heterocycles. The van der Waals surface area contributed by atoms with Gasteiger partial charge in [-0.15, -0.1) is 11.8 Å². The maximum absolute atomic E-state index is 11.4. The first-order valence-electron chi connectivity index (χ1n) is 5.43. The first kappa shape index (κ1) is 12.3. The Hall–Kier alpha value is -0.760. The average Bonchev–Trinajstić information content (AvgIpc) is 2.25. The molecule has 1 aromatic carbocycles. The summed E-state index contributed by atoms with van der Waals surface area (Å²) in [4.78, 5) is 12.6. The maximum Gasteiger partial charge on any atom is 0.143 e. The third-order valence-electron chi connectivity index (χ3n) is 2.23. The van der Waals surface area contributed by atoms with Gasteiger partial charge in [0.1, 0.15) is 5.78 Å². The van der Waals surface area contributed by atoms with Crippen molar-refractivity contribution in [2.45, 2.75) is 38.0 Å². The van der Waals surface area contributed by atoms with E-state index in [0.717, 1.165) is 19.3 Å². The molecule has 1 rings (SSSR count). The van der Waals surface area contributed by atoms with E-state index in [1.165, 1.54) is 10.5 Å². The molecule has 0 aliphatic carbocycles. The summed E-state index contributed by atoms with van der Waals surface area (Å²) in [5, 5.41) is 0. The second-order valence-electron chi connectivity index (χ2n) is 3.74. The zero-order chi connectivity index (χ0) is 11.1. The second-order valence-corrected chi connectivity index (χ2v) is 4.79. The van der Waals surface area contributed by atoms with Crippen LogP contribution in [0.1, 0.15) is 31.7 Å². The van der Waals surface area contributed by atoms with Crippen LogP contribution in [0.2, 0.25) is 0 Å². The lowest BCUT2D eigenvalue weighted by molar-refractivity contribution is -0.116. The molecule has 0 unspecified atom stereocenters. The molecule has 0 radical (unpaired) electrons. The van der Waals surface area contributed by atoms with Gasteiger partial charge in [-0.2, -0.15) is 0 Å². The van der Waals surface area contributed by atoms with Crippen LogP contribution in [0.15, 0.2) is 29.2 Å². The predicted octanol–water partition coefficient (Wildman–Crippen LogP) is 3.85. The van der Waals surface area contributed by atoms with E-state index in [1.54, 1.807) is 11.8 Å². The Balaban J connectivity index is 2.30. The molecule has 0 aromatic heterocycles. The molecule has 0 saturated heterocycles. The number of carbonyl (C=O) groups excluding carboxylic acids is 1. The Morgan fingerprint density at radius 1 is 1.27 bits per heavy atom. The lowest BCUT2D eigenvalue weighted by Gasteiger charge is -2.01. The zero-order valence-corrected chi connectivity index (χ0v) is 10.3. The van der Waals surface area contributed by atoms with Gasteiger partial charge in [0, 0.05) is 11.3 Å². The Bertz CT molecular complexity index is 303. The fourth-order valence-corrected chi connectivity index (χ4v) is 2.04. The normalized spacial score (nSPS) is 10.3. The van der Waals surface area contributed by atoms with Crippen LogP contribution in [0.25, 0.3) is 0 Å². The van der Waals surface area contributed by atoms with E-state index in [4.69, 9.17) is 0 Å². The molecule has 2 heteroatoms. The maximum atomic E-state index is 11.4. The van der Waals surface area contributed by atoms with Crippen molar-refractivity contribution >= 4 is 17.5 Å². The monoisotopic (exact) mass is 222 g/mol. The van der Waals surface area contributed by atoms with Crippen molar-refractivity contribution in [2.75, 3.05) is 5.75 Å². The molecule has 0 heterocycles. The van der Waals surface area contributed by atoms with Crippen LogP contribution in [-0.4, -0.2) is 11.5 Å². The number of rotatable bonds is 6. The van der Waals surface area contributed by atoms with Crippen LogP contribution < -0.4 is 0 Å².